The average Bonchev–Trinajstić information content (AvgIpc) is 2.62. The third-order valence-electron chi connectivity index (χ3n) is 2.89. The maximum Gasteiger partial charge on any atom is 0.317 e. The number of hydrogen-bond acceptors (Lipinski definition) is 2. The van der Waals surface area contributed by atoms with Gasteiger partial charge in [0.15, 0.2) is 0 Å². The maximum atomic E-state index is 11.9. The quantitative estimate of drug-likeness (QED) is 0.809. The Labute approximate surface area is 106 Å². The second kappa shape index (κ2) is 6.05. The molecule has 0 saturated carbocycles. The molecule has 1 aromatic rings. The Morgan fingerprint density at radius 1 is 1.28 bits per heavy atom. The lowest BCUT2D eigenvalue weighted by Gasteiger charge is -2.20. The van der Waals surface area contributed by atoms with Crippen LogP contribution >= 0.6 is 0 Å². The van der Waals surface area contributed by atoms with Crippen LogP contribution in [0.2, 0.25) is 0 Å². The van der Waals surface area contributed by atoms with Gasteiger partial charge in [0.25, 0.3) is 0 Å². The highest BCUT2D eigenvalue weighted by molar-refractivity contribution is 5.79. The lowest BCUT2D eigenvalue weighted by atomic mass is 10.2. The number of carbonyl (C=O) groups is 2. The van der Waals surface area contributed by atoms with Gasteiger partial charge in [-0.25, -0.2) is 4.79 Å². The lowest BCUT2D eigenvalue weighted by Crippen LogP contribution is -2.41. The Morgan fingerprint density at radius 3 is 2.83 bits per heavy atom. The van der Waals surface area contributed by atoms with Gasteiger partial charge in [-0.2, -0.15) is 0 Å². The molecule has 0 atom stereocenters. The summed E-state index contributed by atoms with van der Waals surface area (Å²) in [5.41, 5.74) is 1.06. The Hall–Kier alpha value is -2.04. The van der Waals surface area contributed by atoms with Gasteiger partial charge in [-0.05, 0) is 5.56 Å². The molecule has 2 rings (SSSR count). The zero-order valence-corrected chi connectivity index (χ0v) is 10.2. The van der Waals surface area contributed by atoms with Crippen LogP contribution in [0.4, 0.5) is 4.79 Å². The number of nitrogens with zero attached hydrogens (tertiary/aromatic N) is 1. The van der Waals surface area contributed by atoms with E-state index in [0.717, 1.165) is 5.56 Å². The van der Waals surface area contributed by atoms with Crippen LogP contribution in [0.15, 0.2) is 30.3 Å². The summed E-state index contributed by atoms with van der Waals surface area (Å²) in [6.45, 7) is 2.08. The molecule has 0 unspecified atom stereocenters. The first kappa shape index (κ1) is 12.4. The Balaban J connectivity index is 1.82. The Kier molecular flexibility index (Phi) is 4.17. The number of hydrogen-bond donors (Lipinski definition) is 2. The van der Waals surface area contributed by atoms with Gasteiger partial charge in [0.1, 0.15) is 0 Å². The largest absolute Gasteiger partial charge is 0.354 e. The van der Waals surface area contributed by atoms with E-state index in [1.54, 1.807) is 4.90 Å². The third kappa shape index (κ3) is 3.48. The molecule has 1 heterocycles. The number of benzene rings is 1. The van der Waals surface area contributed by atoms with Crippen LogP contribution in [0.1, 0.15) is 12.0 Å². The van der Waals surface area contributed by atoms with Crippen molar-refractivity contribution in [2.24, 2.45) is 0 Å². The molecule has 1 aliphatic rings. The van der Waals surface area contributed by atoms with E-state index in [1.165, 1.54) is 0 Å². The van der Waals surface area contributed by atoms with Crippen molar-refractivity contribution in [1.82, 2.24) is 15.5 Å². The molecule has 0 aliphatic carbocycles. The minimum atomic E-state index is -0.115. The summed E-state index contributed by atoms with van der Waals surface area (Å²) in [5.74, 6) is 0.00774. The molecule has 0 bridgehead atoms. The zero-order chi connectivity index (χ0) is 12.8. The fourth-order valence-corrected chi connectivity index (χ4v) is 1.86. The summed E-state index contributed by atoms with van der Waals surface area (Å²) in [6, 6.07) is 9.64. The number of rotatable bonds is 2. The molecule has 1 fully saturated rings. The van der Waals surface area contributed by atoms with Crippen LogP contribution < -0.4 is 10.6 Å². The highest BCUT2D eigenvalue weighted by Gasteiger charge is 2.17. The fraction of sp³-hybridized carbons (Fsp3) is 0.385. The molecule has 0 radical (unpaired) electrons. The van der Waals surface area contributed by atoms with Crippen molar-refractivity contribution >= 4 is 11.9 Å². The first-order chi connectivity index (χ1) is 8.75. The minimum Gasteiger partial charge on any atom is -0.354 e. The Morgan fingerprint density at radius 2 is 2.06 bits per heavy atom. The predicted molar refractivity (Wildman–Crippen MR) is 67.9 cm³/mol. The van der Waals surface area contributed by atoms with Gasteiger partial charge in [0.05, 0.1) is 0 Å². The molecule has 5 nitrogen and oxygen atoms in total. The van der Waals surface area contributed by atoms with Gasteiger partial charge in [-0.1, -0.05) is 30.3 Å². The third-order valence-corrected chi connectivity index (χ3v) is 2.89. The molecule has 0 spiro atoms. The van der Waals surface area contributed by atoms with E-state index in [0.29, 0.717) is 32.6 Å². The molecular weight excluding hydrogens is 230 g/mol. The number of urea groups is 1. The highest BCUT2D eigenvalue weighted by Crippen LogP contribution is 2.00. The monoisotopic (exact) mass is 247 g/mol. The highest BCUT2D eigenvalue weighted by atomic mass is 16.2. The second-order valence-electron chi connectivity index (χ2n) is 4.23. The van der Waals surface area contributed by atoms with Crippen molar-refractivity contribution in [2.45, 2.75) is 13.0 Å². The topological polar surface area (TPSA) is 61.4 Å². The molecule has 5 heteroatoms. The summed E-state index contributed by atoms with van der Waals surface area (Å²) in [4.78, 5) is 24.7. The predicted octanol–water partition coefficient (Wildman–Crippen LogP) is 0.718. The molecule has 1 saturated heterocycles. The number of amides is 3. The fourth-order valence-electron chi connectivity index (χ4n) is 1.86. The van der Waals surface area contributed by atoms with Crippen LogP contribution in [0.25, 0.3) is 0 Å². The van der Waals surface area contributed by atoms with E-state index in [9.17, 15) is 9.59 Å². The molecule has 96 valence electrons. The van der Waals surface area contributed by atoms with Crippen LogP contribution in [-0.2, 0) is 11.3 Å². The summed E-state index contributed by atoms with van der Waals surface area (Å²) in [5, 5.41) is 5.60. The van der Waals surface area contributed by atoms with Gasteiger partial charge in [-0.3, -0.25) is 4.79 Å². The normalized spacial score (nSPS) is 15.8. The number of nitrogens with one attached hydrogen (secondary N) is 2. The van der Waals surface area contributed by atoms with Crippen LogP contribution in [0, 0.1) is 0 Å². The van der Waals surface area contributed by atoms with Crippen LogP contribution in [-0.4, -0.2) is 36.5 Å². The molecule has 1 aliphatic heterocycles. The molecule has 18 heavy (non-hydrogen) atoms. The average molecular weight is 247 g/mol. The smallest absolute Gasteiger partial charge is 0.317 e. The van der Waals surface area contributed by atoms with Gasteiger partial charge < -0.3 is 15.5 Å². The van der Waals surface area contributed by atoms with Crippen LogP contribution in [0.5, 0.6) is 0 Å². The first-order valence-corrected chi connectivity index (χ1v) is 6.09. The van der Waals surface area contributed by atoms with Gasteiger partial charge in [0, 0.05) is 32.6 Å². The minimum absolute atomic E-state index is 0.00774. The first-order valence-electron chi connectivity index (χ1n) is 6.09. The summed E-state index contributed by atoms with van der Waals surface area (Å²) < 4.78 is 0. The van der Waals surface area contributed by atoms with E-state index < -0.39 is 0 Å². The van der Waals surface area contributed by atoms with Crippen molar-refractivity contribution in [1.29, 1.82) is 0 Å². The second-order valence-corrected chi connectivity index (χ2v) is 4.23. The van der Waals surface area contributed by atoms with Crippen molar-refractivity contribution < 1.29 is 9.59 Å². The summed E-state index contributed by atoms with van der Waals surface area (Å²) in [6.07, 6.45) is 0.374. The van der Waals surface area contributed by atoms with Crippen molar-refractivity contribution in [3.05, 3.63) is 35.9 Å². The molecule has 0 aromatic heterocycles. The SMILES string of the molecule is O=C1CCN(C(=O)NCc2ccccc2)CCN1. The van der Waals surface area contributed by atoms with E-state index in [-0.39, 0.29) is 11.9 Å². The lowest BCUT2D eigenvalue weighted by molar-refractivity contribution is -0.120. The molecule has 3 amide bonds. The van der Waals surface area contributed by atoms with E-state index in [1.807, 2.05) is 30.3 Å². The summed E-state index contributed by atoms with van der Waals surface area (Å²) in [7, 11) is 0. The maximum absolute atomic E-state index is 11.9. The molecular formula is C13H17N3O2. The van der Waals surface area contributed by atoms with Crippen molar-refractivity contribution in [2.75, 3.05) is 19.6 Å². The summed E-state index contributed by atoms with van der Waals surface area (Å²) >= 11 is 0. The van der Waals surface area contributed by atoms with Crippen molar-refractivity contribution in [3.8, 4) is 0 Å². The standard InChI is InChI=1S/C13H17N3O2/c17-12-6-8-16(9-7-14-12)13(18)15-10-11-4-2-1-3-5-11/h1-5H,6-10H2,(H,14,17)(H,15,18). The molecule has 1 aromatic carbocycles. The van der Waals surface area contributed by atoms with Crippen LogP contribution in [0.3, 0.4) is 0 Å². The number of carbonyl (C=O) groups excluding carboxylic acids is 2. The molecule has 2 N–H and O–H groups in total. The zero-order valence-electron chi connectivity index (χ0n) is 10.2. The van der Waals surface area contributed by atoms with Crippen molar-refractivity contribution in [3.63, 3.8) is 0 Å². The van der Waals surface area contributed by atoms with Gasteiger partial charge in [-0.15, -0.1) is 0 Å². The van der Waals surface area contributed by atoms with Gasteiger partial charge >= 0.3 is 6.03 Å². The van der Waals surface area contributed by atoms with E-state index in [4.69, 9.17) is 0 Å². The van der Waals surface area contributed by atoms with E-state index >= 15 is 0 Å². The van der Waals surface area contributed by atoms with E-state index in [2.05, 4.69) is 10.6 Å². The van der Waals surface area contributed by atoms with Gasteiger partial charge in [0.2, 0.25) is 5.91 Å². The Bertz CT molecular complexity index is 420.